The summed E-state index contributed by atoms with van der Waals surface area (Å²) < 4.78 is 92.1. The van der Waals surface area contributed by atoms with Crippen molar-refractivity contribution < 1.29 is 35.9 Å². The summed E-state index contributed by atoms with van der Waals surface area (Å²) in [6.07, 6.45) is -2.70. The first-order valence-corrected chi connectivity index (χ1v) is 12.2. The van der Waals surface area contributed by atoms with Crippen LogP contribution in [0.5, 0.6) is 5.75 Å². The van der Waals surface area contributed by atoms with Gasteiger partial charge in [-0.2, -0.15) is 13.2 Å². The Balaban J connectivity index is 1.60. The predicted molar refractivity (Wildman–Crippen MR) is 132 cm³/mol. The molecule has 1 aliphatic carbocycles. The number of imidazole rings is 1. The second-order valence-corrected chi connectivity index (χ2v) is 9.78. The number of aromatic nitrogens is 2. The van der Waals surface area contributed by atoms with Gasteiger partial charge in [-0.25, -0.2) is 18.2 Å². The number of benzene rings is 3. The molecule has 6 rings (SSSR count). The van der Waals surface area contributed by atoms with Crippen molar-refractivity contribution in [1.82, 2.24) is 9.55 Å². The molecule has 0 bridgehead atoms. The van der Waals surface area contributed by atoms with Gasteiger partial charge in [-0.1, -0.05) is 29.8 Å². The number of fused-ring (bicyclic) bond motifs is 4. The zero-order valence-electron chi connectivity index (χ0n) is 20.7. The van der Waals surface area contributed by atoms with Crippen molar-refractivity contribution >= 4 is 28.5 Å². The minimum Gasteiger partial charge on any atom is -0.490 e. The van der Waals surface area contributed by atoms with E-state index in [0.29, 0.717) is 57.0 Å². The highest BCUT2D eigenvalue weighted by molar-refractivity contribution is 6.02. The molecular formula is C29H20F6N2O2. The highest BCUT2D eigenvalue weighted by atomic mass is 19.4. The quantitative estimate of drug-likeness (QED) is 0.188. The van der Waals surface area contributed by atoms with Crippen LogP contribution in [0.4, 0.5) is 26.3 Å². The fourth-order valence-electron chi connectivity index (χ4n) is 5.58. The van der Waals surface area contributed by atoms with Gasteiger partial charge in [0.2, 0.25) is 0 Å². The molecule has 3 aromatic carbocycles. The summed E-state index contributed by atoms with van der Waals surface area (Å²) in [5.41, 5.74) is 0.293. The predicted octanol–water partition coefficient (Wildman–Crippen LogP) is 5.60. The van der Waals surface area contributed by atoms with E-state index in [1.54, 1.807) is 42.8 Å². The lowest BCUT2D eigenvalue weighted by Crippen LogP contribution is -2.37. The van der Waals surface area contributed by atoms with E-state index in [-0.39, 0.29) is 29.9 Å². The number of alkyl halides is 3. The second kappa shape index (κ2) is 8.72. The molecule has 1 atom stereocenters. The van der Waals surface area contributed by atoms with Gasteiger partial charge in [0.25, 0.3) is 0 Å². The standard InChI is InChI=1S/C29H20F6N2O2/c1-13-36-26-22(37(13)2)12-19(29(33,34)35)24-18-5-3-4-14-8-16(9-15(23(14)18)6-7-39-28(24)26)27(38)17-10-20(30)25(32)21(31)11-17/h3-5,8,10-12,16H,6-7,9H2,1-2H3. The van der Waals surface area contributed by atoms with Crippen LogP contribution in [0.1, 0.15) is 34.6 Å². The fraction of sp³-hybridized carbons (Fsp3) is 0.241. The van der Waals surface area contributed by atoms with Crippen LogP contribution < -0.4 is 15.2 Å². The number of Topliss-reactive ketones (excluding diaryl/α,β-unsaturated/α-hetero) is 1. The first kappa shape index (κ1) is 25.2. The van der Waals surface area contributed by atoms with E-state index in [1.165, 1.54) is 0 Å². The third kappa shape index (κ3) is 3.92. The Labute approximate surface area is 217 Å². The first-order chi connectivity index (χ1) is 18.5. The molecule has 39 heavy (non-hydrogen) atoms. The summed E-state index contributed by atoms with van der Waals surface area (Å²) in [6.45, 7) is 1.73. The van der Waals surface area contributed by atoms with Gasteiger partial charge in [-0.3, -0.25) is 4.79 Å². The van der Waals surface area contributed by atoms with E-state index in [2.05, 4.69) is 4.98 Å². The summed E-state index contributed by atoms with van der Waals surface area (Å²) in [5, 5.41) is 1.09. The van der Waals surface area contributed by atoms with Crippen LogP contribution in [0.3, 0.4) is 0 Å². The van der Waals surface area contributed by atoms with Gasteiger partial charge in [0.1, 0.15) is 11.3 Å². The van der Waals surface area contributed by atoms with Gasteiger partial charge < -0.3 is 9.30 Å². The van der Waals surface area contributed by atoms with Crippen molar-refractivity contribution in [2.75, 3.05) is 6.61 Å². The molecule has 1 aliphatic heterocycles. The van der Waals surface area contributed by atoms with E-state index in [9.17, 15) is 31.1 Å². The molecule has 10 heteroatoms. The molecule has 1 aromatic heterocycles. The van der Waals surface area contributed by atoms with E-state index in [1.807, 2.05) is 0 Å². The maximum absolute atomic E-state index is 14.5. The Kier molecular flexibility index (Phi) is 5.64. The maximum Gasteiger partial charge on any atom is 0.417 e. The van der Waals surface area contributed by atoms with Gasteiger partial charge >= 0.3 is 6.18 Å². The molecule has 0 spiro atoms. The summed E-state index contributed by atoms with van der Waals surface area (Å²) in [5.74, 6) is -5.52. The molecule has 0 amide bonds. The number of carbonyl (C=O) groups is 1. The Hall–Kier alpha value is -4.08. The van der Waals surface area contributed by atoms with Crippen LogP contribution in [0.2, 0.25) is 0 Å². The van der Waals surface area contributed by atoms with Gasteiger partial charge in [0.15, 0.2) is 29.0 Å². The third-order valence-electron chi connectivity index (χ3n) is 7.48. The second-order valence-electron chi connectivity index (χ2n) is 9.78. The van der Waals surface area contributed by atoms with E-state index >= 15 is 0 Å². The topological polar surface area (TPSA) is 44.1 Å². The summed E-state index contributed by atoms with van der Waals surface area (Å²) in [4.78, 5) is 17.7. The number of nitrogens with zero attached hydrogens (tertiary/aromatic N) is 2. The van der Waals surface area contributed by atoms with E-state index in [4.69, 9.17) is 4.74 Å². The Bertz CT molecular complexity index is 1810. The van der Waals surface area contributed by atoms with Gasteiger partial charge in [0.05, 0.1) is 17.7 Å². The van der Waals surface area contributed by atoms with Crippen LogP contribution in [-0.4, -0.2) is 21.9 Å². The SMILES string of the molecule is Cc1nc2c3c(c(C(F)(F)F)cc2n1C)-c1cccc2c1=C(CCO3)CC(C(=O)c1cc(F)c(F)c(F)c1)C=2. The normalized spacial score (nSPS) is 16.6. The van der Waals surface area contributed by atoms with Crippen molar-refractivity contribution in [1.29, 1.82) is 0 Å². The molecule has 0 N–H and O–H groups in total. The molecule has 4 nitrogen and oxygen atoms in total. The van der Waals surface area contributed by atoms with Crippen LogP contribution in [0.25, 0.3) is 33.8 Å². The van der Waals surface area contributed by atoms with E-state index < -0.39 is 40.9 Å². The first-order valence-electron chi connectivity index (χ1n) is 12.2. The molecule has 0 saturated carbocycles. The van der Waals surface area contributed by atoms with Crippen molar-refractivity contribution in [3.63, 3.8) is 0 Å². The summed E-state index contributed by atoms with van der Waals surface area (Å²) in [7, 11) is 1.64. The smallest absolute Gasteiger partial charge is 0.417 e. The highest BCUT2D eigenvalue weighted by Crippen LogP contribution is 2.46. The monoisotopic (exact) mass is 542 g/mol. The van der Waals surface area contributed by atoms with Crippen molar-refractivity contribution in [3.8, 4) is 16.9 Å². The van der Waals surface area contributed by atoms with Crippen molar-refractivity contribution in [2.45, 2.75) is 25.9 Å². The van der Waals surface area contributed by atoms with Gasteiger partial charge in [-0.05, 0) is 47.5 Å². The summed E-state index contributed by atoms with van der Waals surface area (Å²) >= 11 is 0. The Morgan fingerprint density at radius 3 is 2.51 bits per heavy atom. The number of hydrogen-bond acceptors (Lipinski definition) is 3. The lowest BCUT2D eigenvalue weighted by molar-refractivity contribution is -0.137. The number of ketones is 1. The van der Waals surface area contributed by atoms with Crippen LogP contribution in [0.15, 0.2) is 36.4 Å². The number of ether oxygens (including phenoxy) is 1. The minimum atomic E-state index is -4.70. The number of aryl methyl sites for hydroxylation is 2. The fourth-order valence-corrected chi connectivity index (χ4v) is 5.58. The van der Waals surface area contributed by atoms with E-state index in [0.717, 1.165) is 6.07 Å². The van der Waals surface area contributed by atoms with Gasteiger partial charge in [-0.15, -0.1) is 0 Å². The van der Waals surface area contributed by atoms with Gasteiger partial charge in [0, 0.05) is 30.5 Å². The summed E-state index contributed by atoms with van der Waals surface area (Å²) in [6, 6.07) is 7.24. The van der Waals surface area contributed by atoms with Crippen LogP contribution >= 0.6 is 0 Å². The average molecular weight is 542 g/mol. The molecule has 2 heterocycles. The highest BCUT2D eigenvalue weighted by Gasteiger charge is 2.38. The molecule has 4 aromatic rings. The molecule has 0 fully saturated rings. The largest absolute Gasteiger partial charge is 0.490 e. The van der Waals surface area contributed by atoms with Crippen LogP contribution in [0, 0.1) is 30.3 Å². The third-order valence-corrected chi connectivity index (χ3v) is 7.48. The van der Waals surface area contributed by atoms with Crippen LogP contribution in [-0.2, 0) is 13.2 Å². The maximum atomic E-state index is 14.5. The average Bonchev–Trinajstić information content (AvgIpc) is 3.17. The molecule has 2 aliphatic rings. The molecule has 0 radical (unpaired) electrons. The lowest BCUT2D eigenvalue weighted by atomic mass is 9.82. The van der Waals surface area contributed by atoms with Crippen molar-refractivity contribution in [2.24, 2.45) is 13.0 Å². The molecule has 200 valence electrons. The zero-order valence-corrected chi connectivity index (χ0v) is 20.7. The number of halogens is 6. The zero-order chi connectivity index (χ0) is 27.8. The Morgan fingerprint density at radius 1 is 1.10 bits per heavy atom. The van der Waals surface area contributed by atoms with Crippen molar-refractivity contribution in [3.05, 3.63) is 81.2 Å². The molecule has 0 saturated heterocycles. The molecular weight excluding hydrogens is 522 g/mol. The lowest BCUT2D eigenvalue weighted by Gasteiger charge is -2.26. The number of carbonyl (C=O) groups excluding carboxylic acids is 1. The molecule has 1 unspecified atom stereocenters. The Morgan fingerprint density at radius 2 is 1.82 bits per heavy atom. The minimum absolute atomic E-state index is 0.0306. The number of hydrogen-bond donors (Lipinski definition) is 0. The number of rotatable bonds is 2.